The lowest BCUT2D eigenvalue weighted by atomic mass is 10.1. The van der Waals surface area contributed by atoms with E-state index in [0.717, 1.165) is 24.6 Å². The number of aliphatic hydroxyl groups is 1. The van der Waals surface area contributed by atoms with E-state index >= 15 is 0 Å². The summed E-state index contributed by atoms with van der Waals surface area (Å²) in [5.74, 6) is 2.21. The zero-order valence-electron chi connectivity index (χ0n) is 9.76. The molecule has 1 heterocycles. The molecule has 1 aliphatic rings. The fraction of sp³-hybridized carbons (Fsp3) is 0.818. The lowest BCUT2D eigenvalue weighted by Gasteiger charge is -2.08. The predicted molar refractivity (Wildman–Crippen MR) is 58.7 cm³/mol. The molecule has 1 aliphatic carbocycles. The summed E-state index contributed by atoms with van der Waals surface area (Å²) in [6.07, 6.45) is 2.78. The van der Waals surface area contributed by atoms with Crippen molar-refractivity contribution in [2.75, 3.05) is 0 Å². The van der Waals surface area contributed by atoms with Gasteiger partial charge in [-0.15, -0.1) is 0 Å². The van der Waals surface area contributed by atoms with E-state index in [2.05, 4.69) is 17.1 Å². The molecule has 4 atom stereocenters. The van der Waals surface area contributed by atoms with Gasteiger partial charge in [0.15, 0.2) is 5.82 Å². The molecule has 0 aliphatic heterocycles. The Hall–Kier alpha value is -0.940. The molecule has 0 spiro atoms. The highest BCUT2D eigenvalue weighted by Gasteiger charge is 2.28. The van der Waals surface area contributed by atoms with Crippen LogP contribution in [0, 0.1) is 5.92 Å². The first-order valence-electron chi connectivity index (χ1n) is 5.85. The summed E-state index contributed by atoms with van der Waals surface area (Å²) in [5, 5.41) is 13.3. The molecule has 1 fully saturated rings. The maximum atomic E-state index is 9.34. The van der Waals surface area contributed by atoms with Gasteiger partial charge in [0, 0.05) is 5.92 Å². The van der Waals surface area contributed by atoms with Gasteiger partial charge in [0.2, 0.25) is 5.89 Å². The van der Waals surface area contributed by atoms with E-state index < -0.39 is 12.1 Å². The van der Waals surface area contributed by atoms with E-state index in [1.54, 1.807) is 6.92 Å². The maximum absolute atomic E-state index is 9.34. The lowest BCUT2D eigenvalue weighted by molar-refractivity contribution is 0.146. The summed E-state index contributed by atoms with van der Waals surface area (Å²) in [6, 6.07) is -0.583. The van der Waals surface area contributed by atoms with E-state index in [0.29, 0.717) is 11.8 Å². The van der Waals surface area contributed by atoms with Crippen molar-refractivity contribution >= 4 is 0 Å². The van der Waals surface area contributed by atoms with Gasteiger partial charge in [-0.1, -0.05) is 12.1 Å². The van der Waals surface area contributed by atoms with Crippen LogP contribution in [0.5, 0.6) is 0 Å². The highest BCUT2D eigenvalue weighted by Crippen LogP contribution is 2.36. The fourth-order valence-corrected chi connectivity index (χ4v) is 2.20. The zero-order chi connectivity index (χ0) is 11.7. The average molecular weight is 225 g/mol. The quantitative estimate of drug-likeness (QED) is 0.811. The molecule has 1 aromatic rings. The van der Waals surface area contributed by atoms with Crippen molar-refractivity contribution in [2.24, 2.45) is 11.7 Å². The second-order valence-electron chi connectivity index (χ2n) is 4.87. The zero-order valence-corrected chi connectivity index (χ0v) is 9.76. The van der Waals surface area contributed by atoms with Gasteiger partial charge in [0.05, 0.1) is 6.10 Å². The Kier molecular flexibility index (Phi) is 3.25. The Morgan fingerprint density at radius 2 is 2.25 bits per heavy atom. The topological polar surface area (TPSA) is 85.2 Å². The number of nitrogens with zero attached hydrogens (tertiary/aromatic N) is 2. The summed E-state index contributed by atoms with van der Waals surface area (Å²) in [4.78, 5) is 4.29. The molecule has 5 nitrogen and oxygen atoms in total. The van der Waals surface area contributed by atoms with Crippen molar-refractivity contribution in [3.8, 4) is 0 Å². The van der Waals surface area contributed by atoms with Gasteiger partial charge < -0.3 is 15.4 Å². The van der Waals surface area contributed by atoms with Crippen molar-refractivity contribution in [3.63, 3.8) is 0 Å². The van der Waals surface area contributed by atoms with Crippen LogP contribution in [0.1, 0.15) is 56.8 Å². The molecule has 3 N–H and O–H groups in total. The van der Waals surface area contributed by atoms with Crippen LogP contribution in [-0.2, 0) is 0 Å². The molecule has 2 unspecified atom stereocenters. The van der Waals surface area contributed by atoms with Crippen LogP contribution in [0.15, 0.2) is 4.52 Å². The third-order valence-electron chi connectivity index (χ3n) is 3.32. The highest BCUT2D eigenvalue weighted by atomic mass is 16.5. The lowest BCUT2D eigenvalue weighted by Crippen LogP contribution is -2.23. The molecule has 90 valence electrons. The van der Waals surface area contributed by atoms with E-state index in [9.17, 15) is 5.11 Å². The molecule has 0 radical (unpaired) electrons. The minimum Gasteiger partial charge on any atom is -0.391 e. The molecular weight excluding hydrogens is 206 g/mol. The van der Waals surface area contributed by atoms with Crippen LogP contribution in [0.3, 0.4) is 0 Å². The predicted octanol–water partition coefficient (Wildman–Crippen LogP) is 1.35. The first-order chi connectivity index (χ1) is 7.58. The number of rotatable bonds is 3. The molecule has 1 aromatic heterocycles. The van der Waals surface area contributed by atoms with Gasteiger partial charge in [-0.2, -0.15) is 4.98 Å². The van der Waals surface area contributed by atoms with Crippen molar-refractivity contribution in [1.29, 1.82) is 0 Å². The van der Waals surface area contributed by atoms with Gasteiger partial charge in [-0.05, 0) is 32.1 Å². The Balaban J connectivity index is 2.07. The first-order valence-corrected chi connectivity index (χ1v) is 5.85. The van der Waals surface area contributed by atoms with Crippen LogP contribution < -0.4 is 5.73 Å². The van der Waals surface area contributed by atoms with Crippen molar-refractivity contribution in [2.45, 2.75) is 51.2 Å². The summed E-state index contributed by atoms with van der Waals surface area (Å²) >= 11 is 0. The van der Waals surface area contributed by atoms with Gasteiger partial charge in [0.1, 0.15) is 6.04 Å². The summed E-state index contributed by atoms with van der Waals surface area (Å²) in [6.45, 7) is 3.86. The molecule has 0 aromatic carbocycles. The third-order valence-corrected chi connectivity index (χ3v) is 3.32. The standard InChI is InChI=1S/C11H19N3O2/c1-6-3-4-8(5-6)10-13-11(16-14-10)9(12)7(2)15/h6-9,15H,3-5,12H2,1-2H3/t6?,7-,8?,9+/m1/s1. The number of aromatic nitrogens is 2. The largest absolute Gasteiger partial charge is 0.391 e. The molecule has 0 amide bonds. The minimum atomic E-state index is -0.671. The fourth-order valence-electron chi connectivity index (χ4n) is 2.20. The molecule has 16 heavy (non-hydrogen) atoms. The van der Waals surface area contributed by atoms with E-state index in [1.165, 1.54) is 6.42 Å². The molecule has 0 bridgehead atoms. The molecule has 5 heteroatoms. The van der Waals surface area contributed by atoms with Crippen LogP contribution in [0.4, 0.5) is 0 Å². The second-order valence-corrected chi connectivity index (χ2v) is 4.87. The van der Waals surface area contributed by atoms with Crippen LogP contribution in [0.25, 0.3) is 0 Å². The Morgan fingerprint density at radius 3 is 2.81 bits per heavy atom. The van der Waals surface area contributed by atoms with Crippen LogP contribution in [-0.4, -0.2) is 21.4 Å². The van der Waals surface area contributed by atoms with Crippen LogP contribution in [0.2, 0.25) is 0 Å². The van der Waals surface area contributed by atoms with Crippen molar-refractivity contribution < 1.29 is 9.63 Å². The summed E-state index contributed by atoms with van der Waals surface area (Å²) in [7, 11) is 0. The van der Waals surface area contributed by atoms with Crippen LogP contribution >= 0.6 is 0 Å². The Morgan fingerprint density at radius 1 is 1.50 bits per heavy atom. The molecule has 0 saturated heterocycles. The van der Waals surface area contributed by atoms with Gasteiger partial charge in [0.25, 0.3) is 0 Å². The van der Waals surface area contributed by atoms with Gasteiger partial charge in [-0.25, -0.2) is 0 Å². The summed E-state index contributed by atoms with van der Waals surface area (Å²) < 4.78 is 5.09. The third kappa shape index (κ3) is 2.25. The summed E-state index contributed by atoms with van der Waals surface area (Å²) in [5.41, 5.74) is 5.73. The average Bonchev–Trinajstić information content (AvgIpc) is 2.84. The number of aliphatic hydroxyl groups excluding tert-OH is 1. The maximum Gasteiger partial charge on any atom is 0.246 e. The molecular formula is C11H19N3O2. The van der Waals surface area contributed by atoms with Gasteiger partial charge >= 0.3 is 0 Å². The number of hydrogen-bond acceptors (Lipinski definition) is 5. The van der Waals surface area contributed by atoms with E-state index in [4.69, 9.17) is 10.3 Å². The monoisotopic (exact) mass is 225 g/mol. The highest BCUT2D eigenvalue weighted by molar-refractivity contribution is 5.01. The smallest absolute Gasteiger partial charge is 0.246 e. The number of nitrogens with two attached hydrogens (primary N) is 1. The second kappa shape index (κ2) is 4.51. The first kappa shape index (κ1) is 11.5. The van der Waals surface area contributed by atoms with Crippen molar-refractivity contribution in [3.05, 3.63) is 11.7 Å². The SMILES string of the molecule is CC1CCC(c2noc([C@@H](N)[C@@H](C)O)n2)C1. The molecule has 1 saturated carbocycles. The molecule has 2 rings (SSSR count). The van der Waals surface area contributed by atoms with Crippen molar-refractivity contribution in [1.82, 2.24) is 10.1 Å². The van der Waals surface area contributed by atoms with Gasteiger partial charge in [-0.3, -0.25) is 0 Å². The normalized spacial score (nSPS) is 29.2. The van der Waals surface area contributed by atoms with E-state index in [-0.39, 0.29) is 0 Å². The minimum absolute atomic E-state index is 0.338. The van der Waals surface area contributed by atoms with E-state index in [1.807, 2.05) is 0 Å². The Labute approximate surface area is 95.0 Å². The Bertz CT molecular complexity index is 351. The number of hydrogen-bond donors (Lipinski definition) is 2.